The second-order valence-corrected chi connectivity index (χ2v) is 7.27. The minimum absolute atomic E-state index is 0.149. The molecule has 3 aliphatic heterocycles. The molecule has 2 fully saturated rings. The summed E-state index contributed by atoms with van der Waals surface area (Å²) in [5.74, 6) is -3.37. The van der Waals surface area contributed by atoms with Gasteiger partial charge < -0.3 is 9.84 Å². The van der Waals surface area contributed by atoms with Crippen molar-refractivity contribution in [3.05, 3.63) is 40.9 Å². The van der Waals surface area contributed by atoms with E-state index in [0.717, 1.165) is 12.1 Å². The van der Waals surface area contributed by atoms with Crippen LogP contribution in [0.5, 0.6) is 0 Å². The van der Waals surface area contributed by atoms with E-state index in [1.165, 1.54) is 6.08 Å². The highest BCUT2D eigenvalue weighted by Gasteiger charge is 2.72. The fourth-order valence-corrected chi connectivity index (χ4v) is 4.34. The molecule has 2 saturated heterocycles. The van der Waals surface area contributed by atoms with Gasteiger partial charge in [0.1, 0.15) is 5.60 Å². The molecular formula is C17H13ClF3NO4. The zero-order valence-electron chi connectivity index (χ0n) is 13.4. The number of aliphatic hydroxyl groups excluding tert-OH is 1. The Bertz CT molecular complexity index is 870. The molecule has 0 radical (unpaired) electrons. The van der Waals surface area contributed by atoms with E-state index in [9.17, 15) is 27.9 Å². The van der Waals surface area contributed by atoms with E-state index in [4.69, 9.17) is 16.3 Å². The zero-order chi connectivity index (χ0) is 19.1. The monoisotopic (exact) mass is 387 g/mol. The summed E-state index contributed by atoms with van der Waals surface area (Å²) < 4.78 is 44.8. The third kappa shape index (κ3) is 2.06. The highest BCUT2D eigenvalue weighted by atomic mass is 35.5. The average molecular weight is 388 g/mol. The van der Waals surface area contributed by atoms with Gasteiger partial charge in [0.05, 0.1) is 40.3 Å². The van der Waals surface area contributed by atoms with Gasteiger partial charge in [-0.05, 0) is 25.1 Å². The van der Waals surface area contributed by atoms with E-state index < -0.39 is 53.2 Å². The zero-order valence-corrected chi connectivity index (χ0v) is 14.1. The minimum atomic E-state index is -4.65. The van der Waals surface area contributed by atoms with Gasteiger partial charge in [0.2, 0.25) is 11.8 Å². The van der Waals surface area contributed by atoms with Crippen LogP contribution in [0.2, 0.25) is 5.02 Å². The highest BCUT2D eigenvalue weighted by molar-refractivity contribution is 6.36. The molecule has 3 aliphatic rings. The summed E-state index contributed by atoms with van der Waals surface area (Å²) in [6, 6.07) is 2.47. The van der Waals surface area contributed by atoms with E-state index in [-0.39, 0.29) is 10.7 Å². The molecule has 4 unspecified atom stereocenters. The van der Waals surface area contributed by atoms with E-state index in [1.54, 1.807) is 13.0 Å². The first kappa shape index (κ1) is 17.5. The first-order valence-electron chi connectivity index (χ1n) is 7.80. The molecule has 1 N–H and O–H groups in total. The lowest BCUT2D eigenvalue weighted by molar-refractivity contribution is -0.138. The van der Waals surface area contributed by atoms with Gasteiger partial charge in [-0.1, -0.05) is 23.8 Å². The number of ether oxygens (including phenoxy) is 1. The highest BCUT2D eigenvalue weighted by Crippen LogP contribution is 2.58. The predicted molar refractivity (Wildman–Crippen MR) is 84.4 cm³/mol. The number of imide groups is 1. The molecule has 138 valence electrons. The SMILES string of the molecule is CC12C=CC(CO)(O1)C1C(=O)N(c3cc(C(F)(F)F)ccc3Cl)C(=O)C12. The Balaban J connectivity index is 1.82. The van der Waals surface area contributed by atoms with Crippen molar-refractivity contribution in [1.29, 1.82) is 0 Å². The van der Waals surface area contributed by atoms with Crippen LogP contribution in [-0.2, 0) is 20.5 Å². The summed E-state index contributed by atoms with van der Waals surface area (Å²) in [6.45, 7) is 1.08. The lowest BCUT2D eigenvalue weighted by atomic mass is 9.73. The molecule has 4 atom stereocenters. The summed E-state index contributed by atoms with van der Waals surface area (Å²) >= 11 is 6.00. The fourth-order valence-electron chi connectivity index (χ4n) is 4.14. The van der Waals surface area contributed by atoms with Crippen molar-refractivity contribution in [2.75, 3.05) is 11.5 Å². The van der Waals surface area contributed by atoms with Crippen LogP contribution >= 0.6 is 11.6 Å². The van der Waals surface area contributed by atoms with E-state index in [1.807, 2.05) is 0 Å². The van der Waals surface area contributed by atoms with Crippen molar-refractivity contribution < 1.29 is 32.6 Å². The third-order valence-electron chi connectivity index (χ3n) is 5.32. The Hall–Kier alpha value is -1.90. The molecule has 4 rings (SSSR count). The third-order valence-corrected chi connectivity index (χ3v) is 5.64. The van der Waals surface area contributed by atoms with Crippen LogP contribution in [0.15, 0.2) is 30.4 Å². The topological polar surface area (TPSA) is 66.8 Å². The summed E-state index contributed by atoms with van der Waals surface area (Å²) in [5, 5.41) is 9.59. The number of benzene rings is 1. The van der Waals surface area contributed by atoms with Gasteiger partial charge in [-0.25, -0.2) is 4.90 Å². The summed E-state index contributed by atoms with van der Waals surface area (Å²) in [7, 11) is 0. The summed E-state index contributed by atoms with van der Waals surface area (Å²) in [5.41, 5.74) is -3.80. The van der Waals surface area contributed by atoms with Crippen LogP contribution in [0.1, 0.15) is 12.5 Å². The molecule has 0 aliphatic carbocycles. The van der Waals surface area contributed by atoms with Crippen LogP contribution in [0.25, 0.3) is 0 Å². The number of fused-ring (bicyclic) bond motifs is 5. The van der Waals surface area contributed by atoms with Crippen molar-refractivity contribution in [3.63, 3.8) is 0 Å². The number of hydrogen-bond acceptors (Lipinski definition) is 4. The van der Waals surface area contributed by atoms with Crippen molar-refractivity contribution in [1.82, 2.24) is 0 Å². The van der Waals surface area contributed by atoms with E-state index in [2.05, 4.69) is 0 Å². The average Bonchev–Trinajstić information content (AvgIpc) is 3.13. The summed E-state index contributed by atoms with van der Waals surface area (Å²) in [4.78, 5) is 26.6. The molecule has 5 nitrogen and oxygen atoms in total. The Morgan fingerprint density at radius 2 is 1.88 bits per heavy atom. The molecule has 0 spiro atoms. The number of amides is 2. The van der Waals surface area contributed by atoms with Crippen molar-refractivity contribution in [2.24, 2.45) is 11.8 Å². The van der Waals surface area contributed by atoms with Crippen LogP contribution < -0.4 is 4.90 Å². The number of anilines is 1. The Labute approximate surface area is 151 Å². The largest absolute Gasteiger partial charge is 0.416 e. The summed E-state index contributed by atoms with van der Waals surface area (Å²) in [6.07, 6.45) is -1.51. The maximum absolute atomic E-state index is 13.0. The van der Waals surface area contributed by atoms with Crippen LogP contribution in [0, 0.1) is 11.8 Å². The molecule has 0 aromatic heterocycles. The van der Waals surface area contributed by atoms with Crippen LogP contribution in [0.4, 0.5) is 18.9 Å². The van der Waals surface area contributed by atoms with E-state index in [0.29, 0.717) is 11.0 Å². The van der Waals surface area contributed by atoms with Crippen molar-refractivity contribution in [3.8, 4) is 0 Å². The molecule has 1 aromatic rings. The van der Waals surface area contributed by atoms with E-state index >= 15 is 0 Å². The van der Waals surface area contributed by atoms with Gasteiger partial charge in [-0.2, -0.15) is 13.2 Å². The lowest BCUT2D eigenvalue weighted by Crippen LogP contribution is -2.43. The number of alkyl halides is 3. The van der Waals surface area contributed by atoms with Gasteiger partial charge in [-0.3, -0.25) is 9.59 Å². The lowest BCUT2D eigenvalue weighted by Gasteiger charge is -2.27. The second-order valence-electron chi connectivity index (χ2n) is 6.86. The Kier molecular flexibility index (Phi) is 3.43. The standard InChI is InChI=1S/C17H13ClF3NO4/c1-15-4-5-16(7-23,26-15)12-11(15)13(24)22(14(12)25)10-6-8(17(19,20)21)2-3-9(10)18/h2-6,11-12,23H,7H2,1H3. The van der Waals surface area contributed by atoms with Crippen LogP contribution in [0.3, 0.4) is 0 Å². The number of halogens is 4. The van der Waals surface area contributed by atoms with Gasteiger partial charge in [-0.15, -0.1) is 0 Å². The molecular weight excluding hydrogens is 375 g/mol. The number of carbonyl (C=O) groups is 2. The van der Waals surface area contributed by atoms with Crippen molar-refractivity contribution >= 4 is 29.1 Å². The normalized spacial score (nSPS) is 35.5. The first-order valence-corrected chi connectivity index (χ1v) is 8.18. The number of aliphatic hydroxyl groups is 1. The number of nitrogens with zero attached hydrogens (tertiary/aromatic N) is 1. The van der Waals surface area contributed by atoms with Gasteiger partial charge in [0.15, 0.2) is 0 Å². The molecule has 2 bridgehead atoms. The van der Waals surface area contributed by atoms with Gasteiger partial charge in [0.25, 0.3) is 0 Å². The second kappa shape index (κ2) is 5.09. The molecule has 1 aromatic carbocycles. The predicted octanol–water partition coefficient (Wildman–Crippen LogP) is 2.55. The molecule has 0 saturated carbocycles. The molecule has 9 heteroatoms. The Morgan fingerprint density at radius 3 is 2.50 bits per heavy atom. The number of rotatable bonds is 2. The Morgan fingerprint density at radius 1 is 1.23 bits per heavy atom. The van der Waals surface area contributed by atoms with Crippen LogP contribution in [-0.4, -0.2) is 34.7 Å². The fraction of sp³-hybridized carbons (Fsp3) is 0.412. The van der Waals surface area contributed by atoms with Gasteiger partial charge >= 0.3 is 6.18 Å². The van der Waals surface area contributed by atoms with Gasteiger partial charge in [0, 0.05) is 0 Å². The maximum atomic E-state index is 13.0. The smallest absolute Gasteiger partial charge is 0.393 e. The molecule has 3 heterocycles. The minimum Gasteiger partial charge on any atom is -0.393 e. The number of hydrogen-bond donors (Lipinski definition) is 1. The quantitative estimate of drug-likeness (QED) is 0.625. The molecule has 26 heavy (non-hydrogen) atoms. The maximum Gasteiger partial charge on any atom is 0.416 e. The first-order chi connectivity index (χ1) is 12.0. The molecule has 2 amide bonds. The number of carbonyl (C=O) groups excluding carboxylic acids is 2. The van der Waals surface area contributed by atoms with Crippen molar-refractivity contribution in [2.45, 2.75) is 24.3 Å².